The highest BCUT2D eigenvalue weighted by atomic mass is 19.1. The first-order valence-electron chi connectivity index (χ1n) is 5.81. The fourth-order valence-corrected chi connectivity index (χ4v) is 2.07. The Balaban J connectivity index is 2.14. The molecule has 18 heavy (non-hydrogen) atoms. The van der Waals surface area contributed by atoms with Crippen molar-refractivity contribution >= 4 is 5.91 Å². The van der Waals surface area contributed by atoms with E-state index in [0.29, 0.717) is 18.8 Å². The van der Waals surface area contributed by atoms with Gasteiger partial charge in [-0.3, -0.25) is 4.79 Å². The molecule has 0 saturated carbocycles. The lowest BCUT2D eigenvalue weighted by molar-refractivity contribution is 0.0720. The molecule has 0 radical (unpaired) electrons. The van der Waals surface area contributed by atoms with Gasteiger partial charge in [0, 0.05) is 26.3 Å². The Morgan fingerprint density at radius 2 is 2.22 bits per heavy atom. The summed E-state index contributed by atoms with van der Waals surface area (Å²) < 4.78 is 23.9. The van der Waals surface area contributed by atoms with Crippen LogP contribution in [0.1, 0.15) is 16.8 Å². The highest BCUT2D eigenvalue weighted by Crippen LogP contribution is 2.20. The van der Waals surface area contributed by atoms with Crippen molar-refractivity contribution in [1.82, 2.24) is 4.90 Å². The topological polar surface area (TPSA) is 38.8 Å². The average Bonchev–Trinajstić information content (AvgIpc) is 2.86. The van der Waals surface area contributed by atoms with Crippen LogP contribution in [-0.2, 0) is 4.74 Å². The van der Waals surface area contributed by atoms with Gasteiger partial charge in [-0.15, -0.1) is 0 Å². The molecule has 1 aliphatic heterocycles. The third-order valence-corrected chi connectivity index (χ3v) is 3.17. The number of benzene rings is 1. The number of likely N-dealkylation sites (tertiary alicyclic amines) is 1. The molecule has 98 valence electrons. The molecule has 1 fully saturated rings. The summed E-state index contributed by atoms with van der Waals surface area (Å²) in [4.78, 5) is 13.7. The lowest BCUT2D eigenvalue weighted by Gasteiger charge is -2.16. The summed E-state index contributed by atoms with van der Waals surface area (Å²) in [5.41, 5.74) is 0.0764. The molecule has 0 N–H and O–H groups in total. The summed E-state index contributed by atoms with van der Waals surface area (Å²) in [6, 6.07) is 4.26. The van der Waals surface area contributed by atoms with E-state index in [1.54, 1.807) is 18.1 Å². The van der Waals surface area contributed by atoms with Crippen molar-refractivity contribution in [3.05, 3.63) is 29.6 Å². The van der Waals surface area contributed by atoms with E-state index in [1.165, 1.54) is 19.2 Å². The number of halogens is 1. The zero-order valence-corrected chi connectivity index (χ0v) is 10.5. The molecule has 0 spiro atoms. The summed E-state index contributed by atoms with van der Waals surface area (Å²) in [5.74, 6) is -0.449. The Morgan fingerprint density at radius 1 is 1.44 bits per heavy atom. The molecule has 0 bridgehead atoms. The van der Waals surface area contributed by atoms with Crippen LogP contribution in [-0.4, -0.2) is 44.2 Å². The van der Waals surface area contributed by atoms with Crippen molar-refractivity contribution in [3.63, 3.8) is 0 Å². The van der Waals surface area contributed by atoms with Gasteiger partial charge in [-0.05, 0) is 18.6 Å². The predicted molar refractivity (Wildman–Crippen MR) is 64.3 cm³/mol. The van der Waals surface area contributed by atoms with Crippen LogP contribution in [0.15, 0.2) is 18.2 Å². The minimum Gasteiger partial charge on any atom is -0.497 e. The van der Waals surface area contributed by atoms with E-state index in [4.69, 9.17) is 9.47 Å². The molecule has 1 saturated heterocycles. The fraction of sp³-hybridized carbons (Fsp3) is 0.462. The normalized spacial score (nSPS) is 19.1. The van der Waals surface area contributed by atoms with E-state index in [9.17, 15) is 9.18 Å². The van der Waals surface area contributed by atoms with Gasteiger partial charge in [0.05, 0.1) is 18.8 Å². The molecule has 0 aliphatic carbocycles. The van der Waals surface area contributed by atoms with E-state index in [2.05, 4.69) is 0 Å². The summed E-state index contributed by atoms with van der Waals surface area (Å²) in [6.45, 7) is 1.11. The highest BCUT2D eigenvalue weighted by Gasteiger charge is 2.28. The van der Waals surface area contributed by atoms with Crippen molar-refractivity contribution in [2.75, 3.05) is 27.3 Å². The maximum absolute atomic E-state index is 13.8. The number of carbonyl (C=O) groups is 1. The Bertz CT molecular complexity index is 450. The SMILES string of the molecule is COc1ccc(C(=O)N2CCC(OC)C2)c(F)c1. The smallest absolute Gasteiger partial charge is 0.256 e. The van der Waals surface area contributed by atoms with Crippen LogP contribution >= 0.6 is 0 Å². The summed E-state index contributed by atoms with van der Waals surface area (Å²) in [5, 5.41) is 0. The number of methoxy groups -OCH3 is 2. The highest BCUT2D eigenvalue weighted by molar-refractivity contribution is 5.94. The zero-order chi connectivity index (χ0) is 13.1. The van der Waals surface area contributed by atoms with Crippen LogP contribution in [0, 0.1) is 5.82 Å². The predicted octanol–water partition coefficient (Wildman–Crippen LogP) is 1.70. The summed E-state index contributed by atoms with van der Waals surface area (Å²) in [6.07, 6.45) is 0.843. The maximum Gasteiger partial charge on any atom is 0.256 e. The molecule has 2 rings (SSSR count). The molecule has 1 atom stereocenters. The van der Waals surface area contributed by atoms with Crippen LogP contribution < -0.4 is 4.74 Å². The molecule has 1 unspecified atom stereocenters. The number of carbonyl (C=O) groups excluding carboxylic acids is 1. The number of hydrogen-bond acceptors (Lipinski definition) is 3. The number of ether oxygens (including phenoxy) is 2. The van der Waals surface area contributed by atoms with Crippen molar-refractivity contribution in [1.29, 1.82) is 0 Å². The second-order valence-electron chi connectivity index (χ2n) is 4.24. The Labute approximate surface area is 105 Å². The first kappa shape index (κ1) is 12.8. The zero-order valence-electron chi connectivity index (χ0n) is 10.5. The van der Waals surface area contributed by atoms with Gasteiger partial charge in [-0.2, -0.15) is 0 Å². The van der Waals surface area contributed by atoms with Crippen molar-refractivity contribution in [2.24, 2.45) is 0 Å². The molecule has 4 nitrogen and oxygen atoms in total. The van der Waals surface area contributed by atoms with Gasteiger partial charge < -0.3 is 14.4 Å². The number of nitrogens with zero attached hydrogens (tertiary/aromatic N) is 1. The van der Waals surface area contributed by atoms with Crippen LogP contribution in [0.4, 0.5) is 4.39 Å². The number of amides is 1. The monoisotopic (exact) mass is 253 g/mol. The quantitative estimate of drug-likeness (QED) is 0.823. The third kappa shape index (κ3) is 2.46. The average molecular weight is 253 g/mol. The standard InChI is InChI=1S/C13H16FNO3/c1-17-9-3-4-11(12(14)7-9)13(16)15-6-5-10(8-15)18-2/h3-4,7,10H,5-6,8H2,1-2H3. The van der Waals surface area contributed by atoms with E-state index in [-0.39, 0.29) is 17.6 Å². The molecular weight excluding hydrogens is 237 g/mol. The molecule has 0 aromatic heterocycles. The van der Waals surface area contributed by atoms with Gasteiger partial charge in [-0.25, -0.2) is 4.39 Å². The van der Waals surface area contributed by atoms with Gasteiger partial charge in [0.15, 0.2) is 0 Å². The number of hydrogen-bond donors (Lipinski definition) is 0. The van der Waals surface area contributed by atoms with Crippen LogP contribution in [0.2, 0.25) is 0 Å². The van der Waals surface area contributed by atoms with E-state index in [0.717, 1.165) is 6.42 Å². The Kier molecular flexibility index (Phi) is 3.81. The van der Waals surface area contributed by atoms with Gasteiger partial charge >= 0.3 is 0 Å². The lowest BCUT2D eigenvalue weighted by atomic mass is 10.2. The van der Waals surface area contributed by atoms with Crippen LogP contribution in [0.25, 0.3) is 0 Å². The van der Waals surface area contributed by atoms with Gasteiger partial charge in [-0.1, -0.05) is 0 Å². The molecule has 1 aliphatic rings. The molecule has 1 heterocycles. The summed E-state index contributed by atoms with van der Waals surface area (Å²) in [7, 11) is 3.08. The van der Waals surface area contributed by atoms with Gasteiger partial charge in [0.25, 0.3) is 5.91 Å². The second kappa shape index (κ2) is 5.35. The van der Waals surface area contributed by atoms with Gasteiger partial charge in [0.2, 0.25) is 0 Å². The number of rotatable bonds is 3. The van der Waals surface area contributed by atoms with Gasteiger partial charge in [0.1, 0.15) is 11.6 Å². The van der Waals surface area contributed by atoms with E-state index >= 15 is 0 Å². The van der Waals surface area contributed by atoms with Crippen molar-refractivity contribution < 1.29 is 18.7 Å². The molecule has 1 aromatic rings. The molecule has 1 amide bonds. The van der Waals surface area contributed by atoms with Crippen molar-refractivity contribution in [3.8, 4) is 5.75 Å². The third-order valence-electron chi connectivity index (χ3n) is 3.17. The Morgan fingerprint density at radius 3 is 2.78 bits per heavy atom. The van der Waals surface area contributed by atoms with E-state index < -0.39 is 5.82 Å². The largest absolute Gasteiger partial charge is 0.497 e. The molecule has 5 heteroatoms. The second-order valence-corrected chi connectivity index (χ2v) is 4.24. The van der Waals surface area contributed by atoms with Crippen LogP contribution in [0.3, 0.4) is 0 Å². The Hall–Kier alpha value is -1.62. The minimum atomic E-state index is -0.555. The first-order chi connectivity index (χ1) is 8.65. The van der Waals surface area contributed by atoms with Crippen LogP contribution in [0.5, 0.6) is 5.75 Å². The minimum absolute atomic E-state index is 0.0512. The lowest BCUT2D eigenvalue weighted by Crippen LogP contribution is -2.30. The summed E-state index contributed by atoms with van der Waals surface area (Å²) >= 11 is 0. The maximum atomic E-state index is 13.8. The molecular formula is C13H16FNO3. The molecule has 1 aromatic carbocycles. The van der Waals surface area contributed by atoms with Crippen molar-refractivity contribution in [2.45, 2.75) is 12.5 Å². The fourth-order valence-electron chi connectivity index (χ4n) is 2.07. The van der Waals surface area contributed by atoms with E-state index in [1.807, 2.05) is 0 Å². The first-order valence-corrected chi connectivity index (χ1v) is 5.81.